The first-order chi connectivity index (χ1) is 9.90. The molecule has 1 saturated heterocycles. The van der Waals surface area contributed by atoms with E-state index in [1.807, 2.05) is 11.8 Å². The van der Waals surface area contributed by atoms with E-state index < -0.39 is 5.12 Å². The first kappa shape index (κ1) is 13.9. The van der Waals surface area contributed by atoms with E-state index in [1.54, 1.807) is 12.1 Å². The Kier molecular flexibility index (Phi) is 3.15. The van der Waals surface area contributed by atoms with Gasteiger partial charge in [0.1, 0.15) is 11.5 Å². The van der Waals surface area contributed by atoms with Crippen molar-refractivity contribution < 1.29 is 4.39 Å². The molecule has 2 aliphatic rings. The monoisotopic (exact) mass is 307 g/mol. The highest BCUT2D eigenvalue weighted by Crippen LogP contribution is 2.40. The lowest BCUT2D eigenvalue weighted by atomic mass is 10.1. The standard InChI is InChI=1S/C14H15ClFN5/c1-8(2)21-7-18-14(15)12(21)11(19-13(17)20-14)9-4-3-5-10(16)6-9/h3-6,18H,1,7H2,2H3,(H3,17,19,20). The van der Waals surface area contributed by atoms with Gasteiger partial charge in [-0.15, -0.1) is 0 Å². The van der Waals surface area contributed by atoms with Crippen LogP contribution in [0.5, 0.6) is 0 Å². The molecule has 0 saturated carbocycles. The third-order valence-electron chi connectivity index (χ3n) is 3.39. The predicted octanol–water partition coefficient (Wildman–Crippen LogP) is 1.70. The second-order valence-corrected chi connectivity index (χ2v) is 5.52. The number of guanidine groups is 1. The van der Waals surface area contributed by atoms with Crippen molar-refractivity contribution in [2.45, 2.75) is 12.0 Å². The summed E-state index contributed by atoms with van der Waals surface area (Å²) < 4.78 is 13.5. The van der Waals surface area contributed by atoms with Crippen LogP contribution in [0.25, 0.3) is 5.70 Å². The zero-order valence-corrected chi connectivity index (χ0v) is 12.2. The number of rotatable bonds is 2. The molecule has 1 aromatic rings. The second-order valence-electron chi connectivity index (χ2n) is 4.98. The Morgan fingerprint density at radius 3 is 3.00 bits per heavy atom. The molecule has 0 bridgehead atoms. The SMILES string of the molecule is C=C(C)N1CNC2(Cl)N=C(N)NC(c3cccc(F)c3)=C12. The van der Waals surface area contributed by atoms with Gasteiger partial charge in [0.15, 0.2) is 5.96 Å². The van der Waals surface area contributed by atoms with Crippen LogP contribution in [0, 0.1) is 5.82 Å². The van der Waals surface area contributed by atoms with Gasteiger partial charge in [-0.2, -0.15) is 0 Å². The van der Waals surface area contributed by atoms with Gasteiger partial charge in [-0.05, 0) is 19.1 Å². The number of benzene rings is 1. The fourth-order valence-electron chi connectivity index (χ4n) is 2.48. The van der Waals surface area contributed by atoms with Gasteiger partial charge in [0, 0.05) is 11.3 Å². The molecular weight excluding hydrogens is 293 g/mol. The molecule has 110 valence electrons. The summed E-state index contributed by atoms with van der Waals surface area (Å²) in [5.74, 6) is -0.166. The fraction of sp³-hybridized carbons (Fsp3) is 0.214. The number of aliphatic imine (C=N–C) groups is 1. The van der Waals surface area contributed by atoms with Gasteiger partial charge < -0.3 is 16.0 Å². The quantitative estimate of drug-likeness (QED) is 0.575. The highest BCUT2D eigenvalue weighted by molar-refractivity contribution is 6.27. The smallest absolute Gasteiger partial charge is 0.234 e. The van der Waals surface area contributed by atoms with Crippen LogP contribution in [-0.2, 0) is 0 Å². The number of nitrogens with two attached hydrogens (primary N) is 1. The average molecular weight is 308 g/mol. The molecule has 1 aromatic carbocycles. The highest BCUT2D eigenvalue weighted by atomic mass is 35.5. The molecule has 1 unspecified atom stereocenters. The van der Waals surface area contributed by atoms with Crippen LogP contribution in [0.3, 0.4) is 0 Å². The van der Waals surface area contributed by atoms with Crippen molar-refractivity contribution in [2.75, 3.05) is 6.67 Å². The third kappa shape index (κ3) is 2.26. The molecule has 21 heavy (non-hydrogen) atoms. The van der Waals surface area contributed by atoms with Crippen LogP contribution in [0.4, 0.5) is 4.39 Å². The summed E-state index contributed by atoms with van der Waals surface area (Å²) in [6.45, 7) is 6.25. The van der Waals surface area contributed by atoms with Gasteiger partial charge in [-0.1, -0.05) is 30.3 Å². The number of hydrogen-bond donors (Lipinski definition) is 3. The first-order valence-corrected chi connectivity index (χ1v) is 6.78. The minimum atomic E-state index is -1.17. The number of halogens is 2. The molecule has 0 amide bonds. The van der Waals surface area contributed by atoms with Crippen molar-refractivity contribution in [3.63, 3.8) is 0 Å². The molecular formula is C14H15ClFN5. The van der Waals surface area contributed by atoms with Gasteiger partial charge >= 0.3 is 0 Å². The topological polar surface area (TPSA) is 65.7 Å². The molecule has 2 heterocycles. The molecule has 1 fully saturated rings. The zero-order valence-electron chi connectivity index (χ0n) is 11.5. The molecule has 4 N–H and O–H groups in total. The Hall–Kier alpha value is -2.05. The molecule has 1 atom stereocenters. The summed E-state index contributed by atoms with van der Waals surface area (Å²) in [5.41, 5.74) is 8.53. The van der Waals surface area contributed by atoms with Gasteiger partial charge in [0.2, 0.25) is 5.12 Å². The van der Waals surface area contributed by atoms with Crippen LogP contribution in [0.2, 0.25) is 0 Å². The van der Waals surface area contributed by atoms with E-state index in [2.05, 4.69) is 22.2 Å². The molecule has 0 spiro atoms. The summed E-state index contributed by atoms with van der Waals surface area (Å²) in [4.78, 5) is 6.10. The predicted molar refractivity (Wildman–Crippen MR) is 81.3 cm³/mol. The van der Waals surface area contributed by atoms with Crippen LogP contribution >= 0.6 is 11.6 Å². The maximum absolute atomic E-state index is 13.5. The maximum Gasteiger partial charge on any atom is 0.234 e. The van der Waals surface area contributed by atoms with E-state index in [9.17, 15) is 4.39 Å². The van der Waals surface area contributed by atoms with Gasteiger partial charge in [0.25, 0.3) is 0 Å². The lowest BCUT2D eigenvalue weighted by Crippen LogP contribution is -2.45. The van der Waals surface area contributed by atoms with Crippen molar-refractivity contribution in [3.05, 3.63) is 53.6 Å². The number of nitrogens with zero attached hydrogens (tertiary/aromatic N) is 2. The summed E-state index contributed by atoms with van der Waals surface area (Å²) in [5, 5.41) is 4.89. The minimum absolute atomic E-state index is 0.170. The lowest BCUT2D eigenvalue weighted by molar-refractivity contribution is 0.477. The van der Waals surface area contributed by atoms with Crippen molar-refractivity contribution in [1.82, 2.24) is 15.5 Å². The number of alkyl halides is 1. The molecule has 0 radical (unpaired) electrons. The number of nitrogens with one attached hydrogen (secondary N) is 2. The fourth-order valence-corrected chi connectivity index (χ4v) is 2.83. The van der Waals surface area contributed by atoms with Crippen LogP contribution in [0.15, 0.2) is 47.2 Å². The third-order valence-corrected chi connectivity index (χ3v) is 3.79. The molecule has 2 aliphatic heterocycles. The minimum Gasteiger partial charge on any atom is -0.370 e. The van der Waals surface area contributed by atoms with Gasteiger partial charge in [-0.3, -0.25) is 5.32 Å². The Morgan fingerprint density at radius 2 is 2.33 bits per heavy atom. The van der Waals surface area contributed by atoms with E-state index >= 15 is 0 Å². The van der Waals surface area contributed by atoms with E-state index in [0.29, 0.717) is 23.6 Å². The molecule has 7 heteroatoms. The largest absolute Gasteiger partial charge is 0.370 e. The maximum atomic E-state index is 13.5. The van der Waals surface area contributed by atoms with E-state index in [1.165, 1.54) is 12.1 Å². The van der Waals surface area contributed by atoms with Crippen molar-refractivity contribution in [2.24, 2.45) is 10.7 Å². The van der Waals surface area contributed by atoms with Crippen molar-refractivity contribution in [1.29, 1.82) is 0 Å². The molecule has 0 aromatic heterocycles. The summed E-state index contributed by atoms with van der Waals surface area (Å²) in [7, 11) is 0. The molecule has 0 aliphatic carbocycles. The lowest BCUT2D eigenvalue weighted by Gasteiger charge is -2.31. The van der Waals surface area contributed by atoms with Crippen LogP contribution in [-0.4, -0.2) is 22.7 Å². The molecule has 3 rings (SSSR count). The Morgan fingerprint density at radius 1 is 1.57 bits per heavy atom. The van der Waals surface area contributed by atoms with Crippen molar-refractivity contribution in [3.8, 4) is 0 Å². The highest BCUT2D eigenvalue weighted by Gasteiger charge is 2.46. The van der Waals surface area contributed by atoms with Gasteiger partial charge in [0.05, 0.1) is 12.4 Å². The Labute approximate surface area is 127 Å². The van der Waals surface area contributed by atoms with E-state index in [4.69, 9.17) is 17.3 Å². The summed E-state index contributed by atoms with van der Waals surface area (Å²) >= 11 is 6.54. The second kappa shape index (κ2) is 4.75. The summed E-state index contributed by atoms with van der Waals surface area (Å²) in [6.07, 6.45) is 0. The Bertz CT molecular complexity index is 684. The number of allylic oxidation sites excluding steroid dienone is 1. The molecule has 5 nitrogen and oxygen atoms in total. The Balaban J connectivity index is 2.20. The van der Waals surface area contributed by atoms with Crippen LogP contribution < -0.4 is 16.4 Å². The van der Waals surface area contributed by atoms with Gasteiger partial charge in [-0.25, -0.2) is 9.38 Å². The zero-order chi connectivity index (χ0) is 15.2. The van der Waals surface area contributed by atoms with E-state index in [-0.39, 0.29) is 11.8 Å². The first-order valence-electron chi connectivity index (χ1n) is 6.41. The van der Waals surface area contributed by atoms with E-state index in [0.717, 1.165) is 5.70 Å². The summed E-state index contributed by atoms with van der Waals surface area (Å²) in [6, 6.07) is 6.21. The number of hydrogen-bond acceptors (Lipinski definition) is 5. The average Bonchev–Trinajstić information content (AvgIpc) is 2.74. The van der Waals surface area contributed by atoms with Crippen LogP contribution in [0.1, 0.15) is 12.5 Å². The van der Waals surface area contributed by atoms with Crippen molar-refractivity contribution >= 4 is 23.3 Å². The normalized spacial score (nSPS) is 24.5. The number of fused-ring (bicyclic) bond motifs is 1.